The van der Waals surface area contributed by atoms with Gasteiger partial charge in [0.2, 0.25) is 0 Å². The molecule has 2 N–H and O–H groups in total. The van der Waals surface area contributed by atoms with Gasteiger partial charge in [-0.1, -0.05) is 23.7 Å². The number of carbonyl (C=O) groups excluding carboxylic acids is 2. The lowest BCUT2D eigenvalue weighted by Crippen LogP contribution is -2.41. The van der Waals surface area contributed by atoms with E-state index in [9.17, 15) is 28.9 Å². The summed E-state index contributed by atoms with van der Waals surface area (Å²) in [4.78, 5) is 43.2. The summed E-state index contributed by atoms with van der Waals surface area (Å²) in [6.07, 6.45) is 9.51. The lowest BCUT2D eigenvalue weighted by molar-refractivity contribution is 0.00578. The number of fused-ring (bicyclic) bond motifs is 2. The summed E-state index contributed by atoms with van der Waals surface area (Å²) in [6, 6.07) is 25.4. The van der Waals surface area contributed by atoms with Crippen LogP contribution in [-0.4, -0.2) is 127 Å². The lowest BCUT2D eigenvalue weighted by Gasteiger charge is -2.32. The molecule has 0 aliphatic carbocycles. The minimum Gasteiger partial charge on any atom is -0.452 e. The molecule has 3 aliphatic rings. The van der Waals surface area contributed by atoms with Gasteiger partial charge in [0, 0.05) is 109 Å². The molecule has 0 radical (unpaired) electrons. The third kappa shape index (κ3) is 12.9. The Bertz CT molecular complexity index is 3740. The monoisotopic (exact) mass is 1130 g/mol. The summed E-state index contributed by atoms with van der Waals surface area (Å²) in [5, 5.41) is 26.6. The predicted octanol–water partition coefficient (Wildman–Crippen LogP) is 10.7. The molecule has 6 aromatic heterocycles. The number of ether oxygens (including phenoxy) is 2. The SMILES string of the molecule is CC1(C)OB(c2ccc(NC3CCOCC3)c(C#N)c2)OC1(C)C.CN(C)C(=O)c1cnc(-c2cc3nccc(-c4ccc(NC5CCOCC5)c(C#N)c4)c3o2)c(F)c1.CN(C)C(=O)c1cnc(-c2cc3nccc(Cl)c3o2)c(F)c1. The summed E-state index contributed by atoms with van der Waals surface area (Å²) >= 11 is 6.00. The highest BCUT2D eigenvalue weighted by Gasteiger charge is 2.51. The average molecular weight is 1130 g/mol. The Labute approximate surface area is 478 Å². The maximum Gasteiger partial charge on any atom is 0.494 e. The van der Waals surface area contributed by atoms with E-state index in [0.29, 0.717) is 57.6 Å². The third-order valence-corrected chi connectivity index (χ3v) is 14.8. The van der Waals surface area contributed by atoms with Crippen LogP contribution in [0.3, 0.4) is 0 Å². The number of rotatable bonds is 10. The van der Waals surface area contributed by atoms with E-state index < -0.39 is 18.8 Å². The number of aromatic nitrogens is 4. The number of benzene rings is 2. The molecule has 0 saturated carbocycles. The Balaban J connectivity index is 0.000000155. The molecule has 0 bridgehead atoms. The van der Waals surface area contributed by atoms with E-state index in [1.54, 1.807) is 64.7 Å². The molecule has 18 nitrogen and oxygen atoms in total. The zero-order chi connectivity index (χ0) is 58.5. The first-order chi connectivity index (χ1) is 39.2. The fourth-order valence-electron chi connectivity index (χ4n) is 9.25. The smallest absolute Gasteiger partial charge is 0.452 e. The van der Waals surface area contributed by atoms with E-state index >= 15 is 0 Å². The molecule has 9 heterocycles. The minimum absolute atomic E-state index is 0.00405. The third-order valence-electron chi connectivity index (χ3n) is 14.5. The number of amides is 2. The Hall–Kier alpha value is -8.31. The number of pyridine rings is 4. The van der Waals surface area contributed by atoms with Gasteiger partial charge in [-0.15, -0.1) is 0 Å². The van der Waals surface area contributed by atoms with Crippen molar-refractivity contribution in [2.45, 2.75) is 76.7 Å². The van der Waals surface area contributed by atoms with Crippen LogP contribution >= 0.6 is 11.6 Å². The molecule has 3 fully saturated rings. The van der Waals surface area contributed by atoms with Crippen LogP contribution in [-0.2, 0) is 18.8 Å². The van der Waals surface area contributed by atoms with Crippen molar-refractivity contribution < 1.29 is 46.0 Å². The van der Waals surface area contributed by atoms with E-state index in [2.05, 4.69) is 42.7 Å². The summed E-state index contributed by atoms with van der Waals surface area (Å²) in [5.41, 5.74) is 6.55. The largest absolute Gasteiger partial charge is 0.494 e. The quantitative estimate of drug-likeness (QED) is 0.121. The number of halogens is 3. The van der Waals surface area contributed by atoms with Crippen molar-refractivity contribution in [1.82, 2.24) is 29.7 Å². The van der Waals surface area contributed by atoms with Crippen molar-refractivity contribution in [2.75, 3.05) is 65.3 Å². The van der Waals surface area contributed by atoms with Crippen molar-refractivity contribution in [2.24, 2.45) is 0 Å². The molecule has 82 heavy (non-hydrogen) atoms. The first-order valence-electron chi connectivity index (χ1n) is 26.5. The number of nitriles is 2. The molecule has 2 aromatic carbocycles. The molecule has 11 rings (SSSR count). The first-order valence-corrected chi connectivity index (χ1v) is 26.9. The Kier molecular flexibility index (Phi) is 17.7. The standard InChI is InChI=1S/C27H24FN5O3.C18H25BN2O3.C15H11ClFN3O2/c1-33(2)27(34)18-12-21(28)25(31-15-18)24-13-23-26(36-24)20(5-8-30-23)16-3-4-22(17(11-16)14-29)32-19-6-9-35-10-7-19;1-17(2)18(3,4)24-19(23-17)14-5-6-16(13(11-14)12-20)21-15-7-9-22-10-8-15;1-20(2)15(21)8-5-10(17)13(19-7-8)12-6-11-14(22-12)9(16)3-4-18-11/h3-5,8,11-13,15,19,32H,6-7,9-10H2,1-2H3;5-6,11,15,21H,7-10H2,1-4H3;3-7H,1-2H3. The van der Waals surface area contributed by atoms with Crippen LogP contribution < -0.4 is 16.1 Å². The van der Waals surface area contributed by atoms with Gasteiger partial charge in [-0.05, 0) is 113 Å². The minimum atomic E-state index is -0.668. The molecule has 0 unspecified atom stereocenters. The lowest BCUT2D eigenvalue weighted by atomic mass is 9.78. The highest BCUT2D eigenvalue weighted by molar-refractivity contribution is 6.62. The van der Waals surface area contributed by atoms with Crippen molar-refractivity contribution in [3.8, 4) is 46.2 Å². The molecule has 3 saturated heterocycles. The van der Waals surface area contributed by atoms with E-state index in [-0.39, 0.29) is 63.1 Å². The van der Waals surface area contributed by atoms with Crippen LogP contribution in [0.1, 0.15) is 85.2 Å². The number of hydrogen-bond acceptors (Lipinski definition) is 16. The molecule has 0 spiro atoms. The maximum absolute atomic E-state index is 14.9. The number of furan rings is 2. The average Bonchev–Trinajstić information content (AvgIpc) is 4.39. The van der Waals surface area contributed by atoms with Gasteiger partial charge in [-0.25, -0.2) is 18.7 Å². The van der Waals surface area contributed by atoms with E-state index in [4.69, 9.17) is 39.2 Å². The molecule has 0 atom stereocenters. The highest BCUT2D eigenvalue weighted by Crippen LogP contribution is 2.38. The molecule has 422 valence electrons. The summed E-state index contributed by atoms with van der Waals surface area (Å²) in [7, 11) is 5.90. The molecule has 3 aliphatic heterocycles. The number of carbonyl (C=O) groups is 2. The normalized spacial score (nSPS) is 15.8. The number of nitrogens with one attached hydrogen (secondary N) is 2. The summed E-state index contributed by atoms with van der Waals surface area (Å²) in [6.45, 7) is 11.1. The molecule has 8 aromatic rings. The summed E-state index contributed by atoms with van der Waals surface area (Å²) in [5.74, 6) is -1.58. The molecule has 2 amide bonds. The Morgan fingerprint density at radius 1 is 0.634 bits per heavy atom. The molecular formula is C60H60BClF2N10O8. The second kappa shape index (κ2) is 24.8. The second-order valence-corrected chi connectivity index (χ2v) is 21.7. The van der Waals surface area contributed by atoms with Gasteiger partial charge in [0.25, 0.3) is 11.8 Å². The highest BCUT2D eigenvalue weighted by atomic mass is 35.5. The molecule has 22 heteroatoms. The fourth-order valence-corrected chi connectivity index (χ4v) is 9.45. The van der Waals surface area contributed by atoms with Crippen LogP contribution in [0.5, 0.6) is 0 Å². The van der Waals surface area contributed by atoms with Crippen molar-refractivity contribution in [3.63, 3.8) is 0 Å². The fraction of sp³-hybridized carbons (Fsp3) is 0.333. The van der Waals surface area contributed by atoms with Gasteiger partial charge < -0.3 is 48.1 Å². The molecular weight excluding hydrogens is 1070 g/mol. The van der Waals surface area contributed by atoms with Crippen LogP contribution in [0.15, 0.2) is 106 Å². The van der Waals surface area contributed by atoms with Gasteiger partial charge in [0.15, 0.2) is 34.3 Å². The van der Waals surface area contributed by atoms with Gasteiger partial charge in [0.1, 0.15) is 34.6 Å². The topological polar surface area (TPSA) is 227 Å². The Morgan fingerprint density at radius 3 is 1.57 bits per heavy atom. The van der Waals surface area contributed by atoms with E-state index in [0.717, 1.165) is 79.0 Å². The van der Waals surface area contributed by atoms with Gasteiger partial charge in [0.05, 0.1) is 49.9 Å². The van der Waals surface area contributed by atoms with Gasteiger partial charge in [-0.3, -0.25) is 19.6 Å². The van der Waals surface area contributed by atoms with E-state index in [1.807, 2.05) is 58.0 Å². The Morgan fingerprint density at radius 2 is 1.10 bits per heavy atom. The number of hydrogen-bond donors (Lipinski definition) is 2. The van der Waals surface area contributed by atoms with Crippen LogP contribution in [0.25, 0.3) is 56.2 Å². The number of nitrogens with zero attached hydrogens (tertiary/aromatic N) is 8. The van der Waals surface area contributed by atoms with Crippen LogP contribution in [0.2, 0.25) is 5.02 Å². The van der Waals surface area contributed by atoms with Crippen molar-refractivity contribution >= 4 is 69.6 Å². The van der Waals surface area contributed by atoms with E-state index in [1.165, 1.54) is 28.4 Å². The van der Waals surface area contributed by atoms with Crippen LogP contribution in [0, 0.1) is 34.3 Å². The zero-order valence-corrected chi connectivity index (χ0v) is 47.4. The number of anilines is 2. The maximum atomic E-state index is 14.9. The van der Waals surface area contributed by atoms with Crippen molar-refractivity contribution in [1.29, 1.82) is 10.5 Å². The van der Waals surface area contributed by atoms with Crippen molar-refractivity contribution in [3.05, 3.63) is 136 Å². The summed E-state index contributed by atoms with van der Waals surface area (Å²) < 4.78 is 63.6. The first kappa shape index (κ1) is 58.4. The predicted molar refractivity (Wildman–Crippen MR) is 307 cm³/mol. The second-order valence-electron chi connectivity index (χ2n) is 21.2. The zero-order valence-electron chi connectivity index (χ0n) is 46.6. The van der Waals surface area contributed by atoms with Gasteiger partial charge >= 0.3 is 7.12 Å². The van der Waals surface area contributed by atoms with Gasteiger partial charge in [-0.2, -0.15) is 10.5 Å². The van der Waals surface area contributed by atoms with Crippen LogP contribution in [0.4, 0.5) is 20.2 Å².